The molecule has 2 rings (SSSR count). The van der Waals surface area contributed by atoms with E-state index in [2.05, 4.69) is 0 Å². The summed E-state index contributed by atoms with van der Waals surface area (Å²) in [6.07, 6.45) is 6.97. The maximum atomic E-state index is 5.11. The summed E-state index contributed by atoms with van der Waals surface area (Å²) in [4.78, 5) is 0. The molecule has 0 saturated carbocycles. The van der Waals surface area contributed by atoms with Crippen LogP contribution in [0, 0.1) is 6.42 Å². The Bertz CT molecular complexity index is 179. The lowest BCUT2D eigenvalue weighted by atomic mass is 10.1. The van der Waals surface area contributed by atoms with Crippen molar-refractivity contribution in [2.45, 2.75) is 6.42 Å². The lowest BCUT2D eigenvalue weighted by molar-refractivity contribution is 0.0766. The molecule has 0 unspecified atom stereocenters. The van der Waals surface area contributed by atoms with E-state index >= 15 is 0 Å². The summed E-state index contributed by atoms with van der Waals surface area (Å²) in [6, 6.07) is 0. The zero-order chi connectivity index (χ0) is 6.10. The predicted molar refractivity (Wildman–Crippen MR) is 32.1 cm³/mol. The van der Waals surface area contributed by atoms with Gasteiger partial charge in [-0.1, -0.05) is 6.08 Å². The van der Waals surface area contributed by atoms with Crippen LogP contribution in [-0.4, -0.2) is 6.79 Å². The van der Waals surface area contributed by atoms with Crippen molar-refractivity contribution < 1.29 is 9.47 Å². The van der Waals surface area contributed by atoms with Crippen molar-refractivity contribution in [2.24, 2.45) is 0 Å². The molecule has 2 heteroatoms. The second kappa shape index (κ2) is 1.79. The molecule has 0 spiro atoms. The first-order valence-electron chi connectivity index (χ1n) is 2.96. The average Bonchev–Trinajstić information content (AvgIpc) is 2.33. The summed E-state index contributed by atoms with van der Waals surface area (Å²) < 4.78 is 10.2. The largest absolute Gasteiger partial charge is 0.458 e. The van der Waals surface area contributed by atoms with Gasteiger partial charge in [-0.3, -0.25) is 0 Å². The highest BCUT2D eigenvalue weighted by Gasteiger charge is 2.16. The topological polar surface area (TPSA) is 18.5 Å². The van der Waals surface area contributed by atoms with E-state index in [0.29, 0.717) is 6.79 Å². The highest BCUT2D eigenvalue weighted by molar-refractivity contribution is 5.28. The zero-order valence-corrected chi connectivity index (χ0v) is 4.96. The molecule has 0 amide bonds. The molecule has 1 radical (unpaired) electrons. The van der Waals surface area contributed by atoms with E-state index in [1.807, 2.05) is 18.6 Å². The van der Waals surface area contributed by atoms with Crippen LogP contribution in [0.1, 0.15) is 6.42 Å². The Hall–Kier alpha value is -0.920. The first kappa shape index (κ1) is 4.91. The monoisotopic (exact) mass is 123 g/mol. The van der Waals surface area contributed by atoms with Crippen LogP contribution in [0.5, 0.6) is 0 Å². The maximum Gasteiger partial charge on any atom is 0.230 e. The molecule has 0 aromatic rings. The molecule has 0 aromatic heterocycles. The van der Waals surface area contributed by atoms with Crippen molar-refractivity contribution in [3.05, 3.63) is 30.1 Å². The first-order valence-corrected chi connectivity index (χ1v) is 2.96. The van der Waals surface area contributed by atoms with Crippen LogP contribution in [0.4, 0.5) is 0 Å². The van der Waals surface area contributed by atoms with E-state index in [-0.39, 0.29) is 0 Å². The molecule has 2 aliphatic rings. The number of ether oxygens (including phenoxy) is 2. The normalized spacial score (nSPS) is 23.1. The molecule has 0 bridgehead atoms. The third-order valence-electron chi connectivity index (χ3n) is 1.38. The van der Waals surface area contributed by atoms with E-state index in [4.69, 9.17) is 9.47 Å². The first-order chi connectivity index (χ1) is 4.47. The number of hydrogen-bond donors (Lipinski definition) is 0. The summed E-state index contributed by atoms with van der Waals surface area (Å²) in [5.41, 5.74) is 0. The molecule has 1 aliphatic heterocycles. The Morgan fingerprint density at radius 3 is 3.00 bits per heavy atom. The van der Waals surface area contributed by atoms with Crippen molar-refractivity contribution in [1.82, 2.24) is 0 Å². The van der Waals surface area contributed by atoms with E-state index in [1.165, 1.54) is 0 Å². The third-order valence-corrected chi connectivity index (χ3v) is 1.38. The lowest BCUT2D eigenvalue weighted by Crippen LogP contribution is -1.89. The smallest absolute Gasteiger partial charge is 0.230 e. The van der Waals surface area contributed by atoms with Gasteiger partial charge in [0.05, 0.1) is 0 Å². The van der Waals surface area contributed by atoms with Crippen molar-refractivity contribution in [3.63, 3.8) is 0 Å². The van der Waals surface area contributed by atoms with Crippen molar-refractivity contribution >= 4 is 0 Å². The number of hydrogen-bond acceptors (Lipinski definition) is 2. The molecular weight excluding hydrogens is 116 g/mol. The van der Waals surface area contributed by atoms with E-state index in [0.717, 1.165) is 17.9 Å². The second-order valence-corrected chi connectivity index (χ2v) is 1.98. The van der Waals surface area contributed by atoms with Gasteiger partial charge in [0.15, 0.2) is 5.76 Å². The molecular formula is C7H7O2. The van der Waals surface area contributed by atoms with Gasteiger partial charge in [0, 0.05) is 6.42 Å². The van der Waals surface area contributed by atoms with Crippen LogP contribution in [0.3, 0.4) is 0 Å². The van der Waals surface area contributed by atoms with Crippen LogP contribution in [0.2, 0.25) is 0 Å². The summed E-state index contributed by atoms with van der Waals surface area (Å²) in [5, 5.41) is 0. The highest BCUT2D eigenvalue weighted by atomic mass is 16.7. The molecule has 0 saturated heterocycles. The average molecular weight is 123 g/mol. The zero-order valence-electron chi connectivity index (χ0n) is 4.96. The molecule has 1 aliphatic carbocycles. The molecule has 0 fully saturated rings. The van der Waals surface area contributed by atoms with Gasteiger partial charge >= 0.3 is 0 Å². The van der Waals surface area contributed by atoms with Gasteiger partial charge in [0.2, 0.25) is 6.79 Å². The standard InChI is InChI=1S/C7H7O2/c1-2-4-7-6(3-1)8-5-9-7/h1,3-4H,2,5H2. The minimum Gasteiger partial charge on any atom is -0.458 e. The van der Waals surface area contributed by atoms with Gasteiger partial charge in [-0.2, -0.15) is 0 Å². The van der Waals surface area contributed by atoms with Gasteiger partial charge in [0.25, 0.3) is 0 Å². The lowest BCUT2D eigenvalue weighted by Gasteiger charge is -2.01. The van der Waals surface area contributed by atoms with Gasteiger partial charge in [-0.05, 0) is 12.5 Å². The Morgan fingerprint density at radius 1 is 1.22 bits per heavy atom. The molecule has 47 valence electrons. The minimum absolute atomic E-state index is 0.380. The van der Waals surface area contributed by atoms with E-state index in [1.54, 1.807) is 0 Å². The second-order valence-electron chi connectivity index (χ2n) is 1.98. The fraction of sp³-hybridized carbons (Fsp3) is 0.286. The molecule has 2 nitrogen and oxygen atoms in total. The van der Waals surface area contributed by atoms with Gasteiger partial charge in [0.1, 0.15) is 5.76 Å². The summed E-state index contributed by atoms with van der Waals surface area (Å²) in [5.74, 6) is 1.78. The van der Waals surface area contributed by atoms with Crippen molar-refractivity contribution in [1.29, 1.82) is 0 Å². The minimum atomic E-state index is 0.380. The SMILES string of the molecule is [CH]1CC=CC2=C1OCO2. The van der Waals surface area contributed by atoms with Gasteiger partial charge in [-0.15, -0.1) is 0 Å². The fourth-order valence-corrected chi connectivity index (χ4v) is 0.939. The fourth-order valence-electron chi connectivity index (χ4n) is 0.939. The predicted octanol–water partition coefficient (Wildman–Crippen LogP) is 1.37. The highest BCUT2D eigenvalue weighted by Crippen LogP contribution is 2.24. The van der Waals surface area contributed by atoms with Crippen LogP contribution < -0.4 is 0 Å². The number of rotatable bonds is 0. The molecule has 0 N–H and O–H groups in total. The third kappa shape index (κ3) is 0.707. The van der Waals surface area contributed by atoms with Gasteiger partial charge < -0.3 is 9.47 Å². The molecule has 9 heavy (non-hydrogen) atoms. The maximum absolute atomic E-state index is 5.11. The Balaban J connectivity index is 2.28. The summed E-state index contributed by atoms with van der Waals surface area (Å²) in [6.45, 7) is 0.380. The summed E-state index contributed by atoms with van der Waals surface area (Å²) >= 11 is 0. The van der Waals surface area contributed by atoms with Crippen LogP contribution in [0.25, 0.3) is 0 Å². The van der Waals surface area contributed by atoms with Gasteiger partial charge in [-0.25, -0.2) is 0 Å². The van der Waals surface area contributed by atoms with E-state index in [9.17, 15) is 0 Å². The van der Waals surface area contributed by atoms with E-state index < -0.39 is 0 Å². The quantitative estimate of drug-likeness (QED) is 0.484. The summed E-state index contributed by atoms with van der Waals surface area (Å²) in [7, 11) is 0. The Kier molecular flexibility index (Phi) is 0.979. The van der Waals surface area contributed by atoms with Crippen LogP contribution in [-0.2, 0) is 9.47 Å². The Morgan fingerprint density at radius 2 is 2.11 bits per heavy atom. The van der Waals surface area contributed by atoms with Crippen LogP contribution >= 0.6 is 0 Å². The Labute approximate surface area is 53.8 Å². The van der Waals surface area contributed by atoms with Crippen molar-refractivity contribution in [2.75, 3.05) is 6.79 Å². The molecule has 0 aromatic carbocycles. The molecule has 0 atom stereocenters. The van der Waals surface area contributed by atoms with Crippen LogP contribution in [0.15, 0.2) is 23.7 Å². The molecule has 1 heterocycles. The number of allylic oxidation sites excluding steroid dienone is 3. The van der Waals surface area contributed by atoms with Crippen molar-refractivity contribution in [3.8, 4) is 0 Å².